The first kappa shape index (κ1) is 24.1. The molecule has 1 heterocycles. The Morgan fingerprint density at radius 3 is 2.47 bits per heavy atom. The van der Waals surface area contributed by atoms with E-state index < -0.39 is 21.8 Å². The second kappa shape index (κ2) is 9.92. The SMILES string of the molecule is COc1ccc(-c2nnc(SCCCNS(C)(=O)=O)n2-c2cccc(C(F)(F)F)c2)cc1. The topological polar surface area (TPSA) is 86.1 Å². The zero-order valence-corrected chi connectivity index (χ0v) is 18.9. The quantitative estimate of drug-likeness (QED) is 0.364. The van der Waals surface area contributed by atoms with Crippen molar-refractivity contribution in [1.82, 2.24) is 19.5 Å². The smallest absolute Gasteiger partial charge is 0.416 e. The number of halogens is 3. The molecule has 0 aliphatic heterocycles. The minimum absolute atomic E-state index is 0.245. The second-order valence-electron chi connectivity index (χ2n) is 6.79. The minimum atomic E-state index is -4.49. The lowest BCUT2D eigenvalue weighted by Crippen LogP contribution is -2.23. The first-order valence-corrected chi connectivity index (χ1v) is 12.3. The van der Waals surface area contributed by atoms with E-state index in [0.717, 1.165) is 18.4 Å². The van der Waals surface area contributed by atoms with Crippen LogP contribution in [0.1, 0.15) is 12.0 Å². The van der Waals surface area contributed by atoms with Gasteiger partial charge in [-0.05, 0) is 48.9 Å². The molecule has 0 spiro atoms. The summed E-state index contributed by atoms with van der Waals surface area (Å²) >= 11 is 1.28. The van der Waals surface area contributed by atoms with Gasteiger partial charge in [0.2, 0.25) is 10.0 Å². The Labute approximate surface area is 188 Å². The molecule has 0 atom stereocenters. The summed E-state index contributed by atoms with van der Waals surface area (Å²) in [7, 11) is -1.75. The molecule has 0 saturated carbocycles. The molecule has 0 amide bonds. The van der Waals surface area contributed by atoms with Crippen molar-refractivity contribution in [3.8, 4) is 22.8 Å². The van der Waals surface area contributed by atoms with Crippen molar-refractivity contribution >= 4 is 21.8 Å². The van der Waals surface area contributed by atoms with Crippen molar-refractivity contribution in [3.05, 3.63) is 54.1 Å². The second-order valence-corrected chi connectivity index (χ2v) is 9.68. The van der Waals surface area contributed by atoms with Gasteiger partial charge in [-0.2, -0.15) is 13.2 Å². The molecule has 172 valence electrons. The van der Waals surface area contributed by atoms with Gasteiger partial charge in [0.05, 0.1) is 24.6 Å². The van der Waals surface area contributed by atoms with Gasteiger partial charge < -0.3 is 4.74 Å². The monoisotopic (exact) mass is 486 g/mol. The Kier molecular flexibility index (Phi) is 7.47. The minimum Gasteiger partial charge on any atom is -0.497 e. The number of nitrogens with zero attached hydrogens (tertiary/aromatic N) is 3. The van der Waals surface area contributed by atoms with Gasteiger partial charge in [0, 0.05) is 17.9 Å². The number of sulfonamides is 1. The van der Waals surface area contributed by atoms with Crippen LogP contribution >= 0.6 is 11.8 Å². The molecule has 1 N–H and O–H groups in total. The van der Waals surface area contributed by atoms with E-state index in [1.54, 1.807) is 34.9 Å². The lowest BCUT2D eigenvalue weighted by Gasteiger charge is -2.13. The third-order valence-electron chi connectivity index (χ3n) is 4.33. The predicted octanol–water partition coefficient (Wildman–Crippen LogP) is 3.99. The molecule has 0 bridgehead atoms. The Morgan fingerprint density at radius 2 is 1.84 bits per heavy atom. The number of aromatic nitrogens is 3. The van der Waals surface area contributed by atoms with Gasteiger partial charge in [-0.25, -0.2) is 13.1 Å². The number of thioether (sulfide) groups is 1. The average Bonchev–Trinajstić information content (AvgIpc) is 3.16. The van der Waals surface area contributed by atoms with Gasteiger partial charge in [-0.3, -0.25) is 4.57 Å². The van der Waals surface area contributed by atoms with Crippen molar-refractivity contribution in [2.45, 2.75) is 17.8 Å². The summed E-state index contributed by atoms with van der Waals surface area (Å²) in [5.41, 5.74) is 0.145. The number of ether oxygens (including phenoxy) is 1. The first-order chi connectivity index (χ1) is 15.1. The number of methoxy groups -OCH3 is 1. The standard InChI is InChI=1S/C20H21F3N4O3S2/c1-30-17-9-7-14(8-10-17)18-25-26-19(31-12-4-11-24-32(2,28)29)27(18)16-6-3-5-15(13-16)20(21,22)23/h3,5-10,13,24H,4,11-12H2,1-2H3. The van der Waals surface area contributed by atoms with Gasteiger partial charge in [0.1, 0.15) is 5.75 Å². The molecule has 2 aromatic carbocycles. The molecule has 0 aliphatic carbocycles. The number of alkyl halides is 3. The number of nitrogens with one attached hydrogen (secondary N) is 1. The van der Waals surface area contributed by atoms with Gasteiger partial charge in [-0.1, -0.05) is 17.8 Å². The molecule has 0 unspecified atom stereocenters. The summed E-state index contributed by atoms with van der Waals surface area (Å²) in [4.78, 5) is 0. The highest BCUT2D eigenvalue weighted by atomic mass is 32.2. The van der Waals surface area contributed by atoms with Crippen LogP contribution in [0.4, 0.5) is 13.2 Å². The highest BCUT2D eigenvalue weighted by Gasteiger charge is 2.31. The van der Waals surface area contributed by atoms with Crippen molar-refractivity contribution in [2.24, 2.45) is 0 Å². The highest BCUT2D eigenvalue weighted by molar-refractivity contribution is 7.99. The first-order valence-electron chi connectivity index (χ1n) is 9.43. The van der Waals surface area contributed by atoms with E-state index in [0.29, 0.717) is 34.5 Å². The molecule has 0 fully saturated rings. The normalized spacial score (nSPS) is 12.2. The van der Waals surface area contributed by atoms with Crippen molar-refractivity contribution in [3.63, 3.8) is 0 Å². The van der Waals surface area contributed by atoms with Crippen molar-refractivity contribution in [2.75, 3.05) is 25.7 Å². The van der Waals surface area contributed by atoms with Crippen LogP contribution < -0.4 is 9.46 Å². The van der Waals surface area contributed by atoms with Crippen LogP contribution in [0.5, 0.6) is 5.75 Å². The Morgan fingerprint density at radius 1 is 1.12 bits per heavy atom. The predicted molar refractivity (Wildman–Crippen MR) is 117 cm³/mol. The molecule has 0 aliphatic rings. The molecule has 7 nitrogen and oxygen atoms in total. The van der Waals surface area contributed by atoms with E-state index >= 15 is 0 Å². The van der Waals surface area contributed by atoms with Gasteiger partial charge in [0.25, 0.3) is 0 Å². The zero-order valence-electron chi connectivity index (χ0n) is 17.3. The van der Waals surface area contributed by atoms with Gasteiger partial charge in [0.15, 0.2) is 11.0 Å². The van der Waals surface area contributed by atoms with Crippen molar-refractivity contribution < 1.29 is 26.3 Å². The summed E-state index contributed by atoms with van der Waals surface area (Å²) in [5.74, 6) is 1.50. The van der Waals surface area contributed by atoms with Crippen LogP contribution in [0.2, 0.25) is 0 Å². The maximum atomic E-state index is 13.3. The van der Waals surface area contributed by atoms with E-state index in [-0.39, 0.29) is 12.2 Å². The summed E-state index contributed by atoms with van der Waals surface area (Å²) in [6.07, 6.45) is -2.91. The molecule has 32 heavy (non-hydrogen) atoms. The summed E-state index contributed by atoms with van der Waals surface area (Å²) in [6.45, 7) is 0.245. The highest BCUT2D eigenvalue weighted by Crippen LogP contribution is 2.33. The average molecular weight is 487 g/mol. The van der Waals surface area contributed by atoms with Crippen LogP contribution in [0.25, 0.3) is 17.1 Å². The Bertz CT molecular complexity index is 1160. The fourth-order valence-corrected chi connectivity index (χ4v) is 4.24. The molecule has 3 aromatic rings. The Balaban J connectivity index is 1.94. The number of rotatable bonds is 9. The zero-order chi connectivity index (χ0) is 23.4. The molecule has 3 rings (SSSR count). The third-order valence-corrected chi connectivity index (χ3v) is 6.07. The van der Waals surface area contributed by atoms with Crippen LogP contribution in [-0.4, -0.2) is 48.8 Å². The molecule has 0 saturated heterocycles. The number of hydrogen-bond donors (Lipinski definition) is 1. The van der Waals surface area contributed by atoms with Crippen LogP contribution in [-0.2, 0) is 16.2 Å². The lowest BCUT2D eigenvalue weighted by molar-refractivity contribution is -0.137. The largest absolute Gasteiger partial charge is 0.497 e. The maximum Gasteiger partial charge on any atom is 0.416 e. The van der Waals surface area contributed by atoms with Crippen LogP contribution in [0.3, 0.4) is 0 Å². The molecular weight excluding hydrogens is 465 g/mol. The summed E-state index contributed by atoms with van der Waals surface area (Å²) < 4.78 is 71.3. The summed E-state index contributed by atoms with van der Waals surface area (Å²) in [6, 6.07) is 11.9. The number of benzene rings is 2. The van der Waals surface area contributed by atoms with Crippen molar-refractivity contribution in [1.29, 1.82) is 0 Å². The van der Waals surface area contributed by atoms with E-state index in [1.807, 2.05) is 0 Å². The maximum absolute atomic E-state index is 13.3. The lowest BCUT2D eigenvalue weighted by atomic mass is 10.1. The molecule has 12 heteroatoms. The van der Waals surface area contributed by atoms with E-state index in [2.05, 4.69) is 14.9 Å². The molecule has 1 aromatic heterocycles. The van der Waals surface area contributed by atoms with Crippen LogP contribution in [0, 0.1) is 0 Å². The van der Waals surface area contributed by atoms with E-state index in [1.165, 1.54) is 24.9 Å². The van der Waals surface area contributed by atoms with Gasteiger partial charge >= 0.3 is 6.18 Å². The third kappa shape index (κ3) is 6.24. The summed E-state index contributed by atoms with van der Waals surface area (Å²) in [5, 5.41) is 8.78. The van der Waals surface area contributed by atoms with E-state index in [9.17, 15) is 21.6 Å². The Hall–Kier alpha value is -2.57. The fraction of sp³-hybridized carbons (Fsp3) is 0.300. The van der Waals surface area contributed by atoms with E-state index in [4.69, 9.17) is 4.74 Å². The number of hydrogen-bond acceptors (Lipinski definition) is 6. The molecular formula is C20H21F3N4O3S2. The van der Waals surface area contributed by atoms with Crippen LogP contribution in [0.15, 0.2) is 53.7 Å². The van der Waals surface area contributed by atoms with Gasteiger partial charge in [-0.15, -0.1) is 10.2 Å². The fourth-order valence-electron chi connectivity index (χ4n) is 2.84. The molecule has 0 radical (unpaired) electrons.